The Morgan fingerprint density at radius 3 is 2.73 bits per heavy atom. The number of amides is 1. The molecule has 1 aliphatic rings. The number of rotatable bonds is 6. The second kappa shape index (κ2) is 8.70. The third-order valence-corrected chi connectivity index (χ3v) is 6.31. The Morgan fingerprint density at radius 1 is 1.23 bits per heavy atom. The third-order valence-electron chi connectivity index (χ3n) is 5.38. The smallest absolute Gasteiger partial charge is 0.240 e. The molecule has 1 amide bonds. The van der Waals surface area contributed by atoms with Crippen LogP contribution in [0.4, 0.5) is 0 Å². The fourth-order valence-electron chi connectivity index (χ4n) is 3.68. The molecule has 1 aliphatic heterocycles. The lowest BCUT2D eigenvalue weighted by Crippen LogP contribution is -2.50. The Labute approximate surface area is 181 Å². The minimum Gasteiger partial charge on any atom is -0.354 e. The van der Waals surface area contributed by atoms with Gasteiger partial charge in [0, 0.05) is 23.4 Å². The van der Waals surface area contributed by atoms with Gasteiger partial charge in [0.05, 0.1) is 12.6 Å². The summed E-state index contributed by atoms with van der Waals surface area (Å²) in [6.45, 7) is 7.96. The van der Waals surface area contributed by atoms with Crippen molar-refractivity contribution in [1.82, 2.24) is 20.4 Å². The Morgan fingerprint density at radius 2 is 2.03 bits per heavy atom. The molecule has 0 spiro atoms. The summed E-state index contributed by atoms with van der Waals surface area (Å²) in [6.07, 6.45) is 1.53. The summed E-state index contributed by atoms with van der Waals surface area (Å²) in [5.74, 6) is 1.29. The molecule has 0 saturated heterocycles. The molecular weight excluding hydrogens is 396 g/mol. The molecular formula is C23H28N4O2S. The predicted octanol–water partition coefficient (Wildman–Crippen LogP) is 3.71. The number of hydrogen-bond acceptors (Lipinski definition) is 6. The lowest BCUT2D eigenvalue weighted by molar-refractivity contribution is -0.127. The Balaban J connectivity index is 1.48. The second-order valence-electron chi connectivity index (χ2n) is 8.78. The van der Waals surface area contributed by atoms with Crippen molar-refractivity contribution in [2.24, 2.45) is 0 Å². The number of thiophene rings is 1. The lowest BCUT2D eigenvalue weighted by Gasteiger charge is -2.35. The van der Waals surface area contributed by atoms with Gasteiger partial charge in [-0.2, -0.15) is 4.98 Å². The number of carbonyl (C=O) groups is 1. The van der Waals surface area contributed by atoms with E-state index in [9.17, 15) is 4.79 Å². The summed E-state index contributed by atoms with van der Waals surface area (Å²) in [5.41, 5.74) is 2.30. The molecule has 1 aromatic carbocycles. The van der Waals surface area contributed by atoms with Crippen LogP contribution in [0.25, 0.3) is 0 Å². The van der Waals surface area contributed by atoms with E-state index >= 15 is 0 Å². The Bertz CT molecular complexity index is 991. The van der Waals surface area contributed by atoms with Gasteiger partial charge >= 0.3 is 0 Å². The molecule has 0 bridgehead atoms. The molecule has 158 valence electrons. The zero-order valence-corrected chi connectivity index (χ0v) is 18.5. The topological polar surface area (TPSA) is 71.3 Å². The number of aromatic nitrogens is 2. The largest absolute Gasteiger partial charge is 0.354 e. The quantitative estimate of drug-likeness (QED) is 0.653. The maximum atomic E-state index is 13.1. The van der Waals surface area contributed by atoms with Gasteiger partial charge in [-0.1, -0.05) is 56.3 Å². The average Bonchev–Trinajstić information content (AvgIpc) is 3.39. The monoisotopic (exact) mass is 424 g/mol. The SMILES string of the molecule is CC(C)(C)c1noc(CN2Cc3ccccc3C[C@@H]2C(=O)NCCc2cccs2)n1. The first-order valence-electron chi connectivity index (χ1n) is 10.3. The van der Waals surface area contributed by atoms with Gasteiger partial charge in [0.25, 0.3) is 0 Å². The van der Waals surface area contributed by atoms with Crippen molar-refractivity contribution >= 4 is 17.2 Å². The minimum atomic E-state index is -0.256. The second-order valence-corrected chi connectivity index (χ2v) is 9.81. The van der Waals surface area contributed by atoms with Crippen LogP contribution in [0.15, 0.2) is 46.3 Å². The maximum Gasteiger partial charge on any atom is 0.240 e. The maximum absolute atomic E-state index is 13.1. The molecule has 4 rings (SSSR count). The Hall–Kier alpha value is -2.51. The van der Waals surface area contributed by atoms with Crippen molar-refractivity contribution in [3.8, 4) is 0 Å². The first kappa shape index (κ1) is 20.8. The van der Waals surface area contributed by atoms with Gasteiger partial charge in [0.2, 0.25) is 11.8 Å². The van der Waals surface area contributed by atoms with E-state index in [0.717, 1.165) is 6.42 Å². The van der Waals surface area contributed by atoms with E-state index in [-0.39, 0.29) is 17.4 Å². The Kier molecular flexibility index (Phi) is 6.01. The lowest BCUT2D eigenvalue weighted by atomic mass is 9.93. The van der Waals surface area contributed by atoms with E-state index in [2.05, 4.69) is 64.7 Å². The normalized spacial score (nSPS) is 17.0. The fourth-order valence-corrected chi connectivity index (χ4v) is 4.39. The van der Waals surface area contributed by atoms with Crippen LogP contribution in [0.1, 0.15) is 48.5 Å². The zero-order chi connectivity index (χ0) is 21.1. The van der Waals surface area contributed by atoms with Gasteiger partial charge in [-0.15, -0.1) is 11.3 Å². The molecule has 0 saturated carbocycles. The molecule has 1 atom stereocenters. The van der Waals surface area contributed by atoms with Crippen LogP contribution < -0.4 is 5.32 Å². The van der Waals surface area contributed by atoms with Crippen molar-refractivity contribution in [2.75, 3.05) is 6.54 Å². The van der Waals surface area contributed by atoms with Gasteiger partial charge in [-0.25, -0.2) is 0 Å². The van der Waals surface area contributed by atoms with Gasteiger partial charge in [0.15, 0.2) is 5.82 Å². The highest BCUT2D eigenvalue weighted by Gasteiger charge is 2.33. The average molecular weight is 425 g/mol. The molecule has 6 nitrogen and oxygen atoms in total. The van der Waals surface area contributed by atoms with Gasteiger partial charge in [-0.05, 0) is 35.4 Å². The minimum absolute atomic E-state index is 0.0524. The van der Waals surface area contributed by atoms with Crippen LogP contribution in [-0.2, 0) is 36.1 Å². The van der Waals surface area contributed by atoms with E-state index in [0.29, 0.717) is 37.8 Å². The molecule has 30 heavy (non-hydrogen) atoms. The number of nitrogens with zero attached hydrogens (tertiary/aromatic N) is 3. The van der Waals surface area contributed by atoms with Crippen molar-refractivity contribution in [3.05, 3.63) is 69.5 Å². The van der Waals surface area contributed by atoms with Crippen molar-refractivity contribution in [3.63, 3.8) is 0 Å². The molecule has 0 aliphatic carbocycles. The molecule has 0 unspecified atom stereocenters. The predicted molar refractivity (Wildman–Crippen MR) is 117 cm³/mol. The van der Waals surface area contributed by atoms with Crippen LogP contribution in [0.5, 0.6) is 0 Å². The molecule has 1 N–H and O–H groups in total. The van der Waals surface area contributed by atoms with Crippen molar-refractivity contribution < 1.29 is 9.32 Å². The summed E-state index contributed by atoms with van der Waals surface area (Å²) in [7, 11) is 0. The summed E-state index contributed by atoms with van der Waals surface area (Å²) < 4.78 is 5.51. The summed E-state index contributed by atoms with van der Waals surface area (Å²) in [6, 6.07) is 12.2. The van der Waals surface area contributed by atoms with Crippen LogP contribution in [0.2, 0.25) is 0 Å². The highest BCUT2D eigenvalue weighted by atomic mass is 32.1. The number of benzene rings is 1. The van der Waals surface area contributed by atoms with E-state index in [1.54, 1.807) is 11.3 Å². The molecule has 2 aromatic heterocycles. The van der Waals surface area contributed by atoms with Crippen LogP contribution in [0, 0.1) is 0 Å². The fraction of sp³-hybridized carbons (Fsp3) is 0.435. The van der Waals surface area contributed by atoms with E-state index < -0.39 is 0 Å². The van der Waals surface area contributed by atoms with E-state index in [1.807, 2.05) is 18.2 Å². The van der Waals surface area contributed by atoms with Crippen LogP contribution in [-0.4, -0.2) is 33.5 Å². The van der Waals surface area contributed by atoms with Gasteiger partial charge in [-0.3, -0.25) is 9.69 Å². The molecule has 3 heterocycles. The van der Waals surface area contributed by atoms with E-state index in [4.69, 9.17) is 4.52 Å². The number of hydrogen-bond donors (Lipinski definition) is 1. The molecule has 0 radical (unpaired) electrons. The zero-order valence-electron chi connectivity index (χ0n) is 17.7. The first-order chi connectivity index (χ1) is 14.4. The number of fused-ring (bicyclic) bond motifs is 1. The molecule has 7 heteroatoms. The van der Waals surface area contributed by atoms with Crippen LogP contribution in [0.3, 0.4) is 0 Å². The summed E-state index contributed by atoms with van der Waals surface area (Å²) >= 11 is 1.72. The highest BCUT2D eigenvalue weighted by molar-refractivity contribution is 7.09. The highest BCUT2D eigenvalue weighted by Crippen LogP contribution is 2.26. The van der Waals surface area contributed by atoms with Crippen molar-refractivity contribution in [2.45, 2.75) is 58.2 Å². The third kappa shape index (κ3) is 4.79. The first-order valence-corrected chi connectivity index (χ1v) is 11.2. The number of nitrogens with one attached hydrogen (secondary N) is 1. The van der Waals surface area contributed by atoms with Gasteiger partial charge < -0.3 is 9.84 Å². The van der Waals surface area contributed by atoms with Crippen LogP contribution >= 0.6 is 11.3 Å². The molecule has 3 aromatic rings. The van der Waals surface area contributed by atoms with E-state index in [1.165, 1.54) is 16.0 Å². The summed E-state index contributed by atoms with van der Waals surface area (Å²) in [5, 5.41) is 9.32. The number of carbonyl (C=O) groups excluding carboxylic acids is 1. The summed E-state index contributed by atoms with van der Waals surface area (Å²) in [4.78, 5) is 21.1. The van der Waals surface area contributed by atoms with Gasteiger partial charge in [0.1, 0.15) is 0 Å². The molecule has 0 fully saturated rings. The standard InChI is InChI=1S/C23H28N4O2S/c1-23(2,3)22-25-20(29-26-22)15-27-14-17-8-5-4-7-16(17)13-19(27)21(28)24-11-10-18-9-6-12-30-18/h4-9,12,19H,10-11,13-15H2,1-3H3,(H,24,28)/t19-/m1/s1. The van der Waals surface area contributed by atoms with Crippen molar-refractivity contribution in [1.29, 1.82) is 0 Å².